The highest BCUT2D eigenvalue weighted by atomic mass is 19.1. The highest BCUT2D eigenvalue weighted by molar-refractivity contribution is 6.00. The van der Waals surface area contributed by atoms with Gasteiger partial charge in [-0.2, -0.15) is 0 Å². The minimum atomic E-state index is -0.813. The second kappa shape index (κ2) is 10.4. The second-order valence-electron chi connectivity index (χ2n) is 8.65. The largest absolute Gasteiger partial charge is 0.485 e. The molecule has 37 heavy (non-hydrogen) atoms. The molecule has 9 heteroatoms. The lowest BCUT2D eigenvalue weighted by molar-refractivity contribution is 0.0516. The maximum absolute atomic E-state index is 13.7. The van der Waals surface area contributed by atoms with Crippen LogP contribution in [0, 0.1) is 5.82 Å². The molecule has 0 unspecified atom stereocenters. The number of aliphatic hydroxyl groups is 1. The predicted molar refractivity (Wildman–Crippen MR) is 133 cm³/mol. The highest BCUT2D eigenvalue weighted by Crippen LogP contribution is 2.38. The Labute approximate surface area is 211 Å². The van der Waals surface area contributed by atoms with Crippen molar-refractivity contribution in [2.45, 2.75) is 32.6 Å². The van der Waals surface area contributed by atoms with E-state index in [2.05, 4.69) is 4.98 Å². The normalized spacial score (nSPS) is 14.3. The van der Waals surface area contributed by atoms with Gasteiger partial charge in [0.1, 0.15) is 29.6 Å². The number of ether oxygens (including phenoxy) is 3. The molecule has 3 heterocycles. The van der Waals surface area contributed by atoms with Gasteiger partial charge in [-0.3, -0.25) is 14.3 Å². The van der Waals surface area contributed by atoms with Crippen molar-refractivity contribution < 1.29 is 28.5 Å². The van der Waals surface area contributed by atoms with Crippen LogP contribution in [-0.4, -0.2) is 39.9 Å². The highest BCUT2D eigenvalue weighted by Gasteiger charge is 2.33. The number of nitrogens with zero attached hydrogens (tertiary/aromatic N) is 2. The Morgan fingerprint density at radius 3 is 2.62 bits per heavy atom. The van der Waals surface area contributed by atoms with E-state index in [0.29, 0.717) is 23.3 Å². The van der Waals surface area contributed by atoms with Gasteiger partial charge < -0.3 is 19.3 Å². The van der Waals surface area contributed by atoms with Gasteiger partial charge in [0.15, 0.2) is 17.1 Å². The molecule has 2 aromatic carbocycles. The summed E-state index contributed by atoms with van der Waals surface area (Å²) in [6.45, 7) is 1.50. The van der Waals surface area contributed by atoms with E-state index >= 15 is 0 Å². The van der Waals surface area contributed by atoms with Crippen LogP contribution in [0.15, 0.2) is 65.6 Å². The van der Waals surface area contributed by atoms with E-state index in [4.69, 9.17) is 14.2 Å². The van der Waals surface area contributed by atoms with Gasteiger partial charge in [0, 0.05) is 18.2 Å². The minimum Gasteiger partial charge on any atom is -0.485 e. The number of pyridine rings is 2. The second-order valence-corrected chi connectivity index (χ2v) is 8.65. The minimum absolute atomic E-state index is 0.0131. The molecule has 4 aromatic rings. The molecule has 1 aliphatic rings. The van der Waals surface area contributed by atoms with Gasteiger partial charge in [0.2, 0.25) is 0 Å². The lowest BCUT2D eigenvalue weighted by Gasteiger charge is -2.29. The monoisotopic (exact) mass is 504 g/mol. The van der Waals surface area contributed by atoms with E-state index in [0.717, 1.165) is 11.1 Å². The molecule has 0 spiro atoms. The Morgan fingerprint density at radius 2 is 1.92 bits per heavy atom. The molecule has 8 nitrogen and oxygen atoms in total. The van der Waals surface area contributed by atoms with Crippen LogP contribution in [0.5, 0.6) is 11.5 Å². The first-order valence-electron chi connectivity index (χ1n) is 11.9. The Balaban J connectivity index is 1.70. The zero-order chi connectivity index (χ0) is 25.9. The molecule has 1 N–H and O–H groups in total. The number of aromatic nitrogens is 2. The molecule has 1 aliphatic heterocycles. The Hall–Kier alpha value is -4.24. The zero-order valence-electron chi connectivity index (χ0n) is 20.1. The Kier molecular flexibility index (Phi) is 6.87. The van der Waals surface area contributed by atoms with Gasteiger partial charge in [-0.15, -0.1) is 0 Å². The van der Waals surface area contributed by atoms with Crippen molar-refractivity contribution in [2.75, 3.05) is 13.2 Å². The van der Waals surface area contributed by atoms with Crippen molar-refractivity contribution in [3.05, 3.63) is 99.2 Å². The first-order valence-corrected chi connectivity index (χ1v) is 11.9. The molecular formula is C28H25FN2O6. The topological polar surface area (TPSA) is 99.9 Å². The summed E-state index contributed by atoms with van der Waals surface area (Å²) in [6.07, 6.45) is 1.22. The summed E-state index contributed by atoms with van der Waals surface area (Å²) < 4.78 is 32.2. The fraction of sp³-hybridized carbons (Fsp3) is 0.250. The summed E-state index contributed by atoms with van der Waals surface area (Å²) >= 11 is 0. The van der Waals surface area contributed by atoms with Crippen LogP contribution in [0.4, 0.5) is 4.39 Å². The molecule has 190 valence electrons. The molecule has 0 saturated carbocycles. The third-order valence-electron chi connectivity index (χ3n) is 6.14. The fourth-order valence-corrected chi connectivity index (χ4v) is 4.40. The van der Waals surface area contributed by atoms with Crippen LogP contribution in [-0.2, 0) is 24.3 Å². The average molecular weight is 505 g/mol. The average Bonchev–Trinajstić information content (AvgIpc) is 2.92. The molecular weight excluding hydrogens is 479 g/mol. The molecule has 0 radical (unpaired) electrons. The van der Waals surface area contributed by atoms with Crippen molar-refractivity contribution in [1.82, 2.24) is 9.55 Å². The summed E-state index contributed by atoms with van der Waals surface area (Å²) in [5.74, 6) is -0.790. The number of carbonyl (C=O) groups is 1. The van der Waals surface area contributed by atoms with Crippen LogP contribution >= 0.6 is 0 Å². The van der Waals surface area contributed by atoms with E-state index in [9.17, 15) is 19.1 Å². The van der Waals surface area contributed by atoms with Crippen LogP contribution < -0.4 is 15.0 Å². The number of hydrogen-bond donors (Lipinski definition) is 1. The van der Waals surface area contributed by atoms with Crippen molar-refractivity contribution in [2.24, 2.45) is 0 Å². The van der Waals surface area contributed by atoms with Gasteiger partial charge in [-0.1, -0.05) is 42.5 Å². The van der Waals surface area contributed by atoms with E-state index < -0.39 is 17.6 Å². The van der Waals surface area contributed by atoms with E-state index in [-0.39, 0.29) is 49.0 Å². The molecule has 5 rings (SSSR count). The SMILES string of the molecule is CCOC(=O)c1c(OCc2ccccc2)c2ncc(Cc3ccc(F)cc3)c3c2n(c1=O)C[C@@H](CO)O3. The van der Waals surface area contributed by atoms with E-state index in [1.54, 1.807) is 25.3 Å². The summed E-state index contributed by atoms with van der Waals surface area (Å²) in [7, 11) is 0. The third-order valence-corrected chi connectivity index (χ3v) is 6.14. The van der Waals surface area contributed by atoms with Crippen molar-refractivity contribution >= 4 is 17.0 Å². The number of rotatable bonds is 8. The van der Waals surface area contributed by atoms with Crippen LogP contribution in [0.3, 0.4) is 0 Å². The van der Waals surface area contributed by atoms with Gasteiger partial charge >= 0.3 is 5.97 Å². The van der Waals surface area contributed by atoms with Crippen molar-refractivity contribution in [3.63, 3.8) is 0 Å². The quantitative estimate of drug-likeness (QED) is 0.366. The molecule has 1 atom stereocenters. The Bertz CT molecular complexity index is 1500. The lowest BCUT2D eigenvalue weighted by atomic mass is 10.0. The lowest BCUT2D eigenvalue weighted by Crippen LogP contribution is -2.39. The first-order chi connectivity index (χ1) is 18.0. The molecule has 0 saturated heterocycles. The maximum atomic E-state index is 13.7. The smallest absolute Gasteiger partial charge is 0.347 e. The number of carbonyl (C=O) groups excluding carboxylic acids is 1. The summed E-state index contributed by atoms with van der Waals surface area (Å²) in [4.78, 5) is 31.2. The first kappa shape index (κ1) is 24.5. The Morgan fingerprint density at radius 1 is 1.16 bits per heavy atom. The molecule has 0 bridgehead atoms. The van der Waals surface area contributed by atoms with Gasteiger partial charge in [-0.25, -0.2) is 9.18 Å². The van der Waals surface area contributed by atoms with Crippen LogP contribution in [0.2, 0.25) is 0 Å². The van der Waals surface area contributed by atoms with Gasteiger partial charge in [0.25, 0.3) is 5.56 Å². The molecule has 0 aliphatic carbocycles. The van der Waals surface area contributed by atoms with E-state index in [1.807, 2.05) is 30.3 Å². The fourth-order valence-electron chi connectivity index (χ4n) is 4.40. The van der Waals surface area contributed by atoms with Gasteiger partial charge in [-0.05, 0) is 30.2 Å². The van der Waals surface area contributed by atoms with Crippen molar-refractivity contribution in [3.8, 4) is 11.5 Å². The molecule has 0 fully saturated rings. The molecule has 2 aromatic heterocycles. The van der Waals surface area contributed by atoms with Crippen LogP contribution in [0.1, 0.15) is 34.0 Å². The number of aliphatic hydroxyl groups excluding tert-OH is 1. The van der Waals surface area contributed by atoms with Gasteiger partial charge in [0.05, 0.1) is 19.8 Å². The summed E-state index contributed by atoms with van der Waals surface area (Å²) in [5, 5.41) is 9.89. The number of benzene rings is 2. The number of hydrogen-bond acceptors (Lipinski definition) is 7. The van der Waals surface area contributed by atoms with Crippen LogP contribution in [0.25, 0.3) is 11.0 Å². The molecule has 0 amide bonds. The predicted octanol–water partition coefficient (Wildman–Crippen LogP) is 3.64. The third kappa shape index (κ3) is 4.77. The van der Waals surface area contributed by atoms with E-state index in [1.165, 1.54) is 16.7 Å². The standard InChI is InChI=1S/C28H25FN2O6/c1-2-35-28(34)22-26(36-16-18-6-4-3-5-7-18)23-24-25(37-21(15-32)14-31(24)27(22)33)19(13-30-23)12-17-8-10-20(29)11-9-17/h3-11,13,21,32H,2,12,14-16H2,1H3/t21-/m0/s1. The maximum Gasteiger partial charge on any atom is 0.347 e. The van der Waals surface area contributed by atoms with Crippen molar-refractivity contribution in [1.29, 1.82) is 0 Å². The zero-order valence-corrected chi connectivity index (χ0v) is 20.1. The number of halogens is 1. The summed E-state index contributed by atoms with van der Waals surface area (Å²) in [5.41, 5.74) is 2.06. The summed E-state index contributed by atoms with van der Waals surface area (Å²) in [6, 6.07) is 15.4. The number of esters is 1.